The number of carbonyl (C=O) groups is 2. The highest BCUT2D eigenvalue weighted by Gasteiger charge is 2.04. The molecule has 0 saturated carbocycles. The highest BCUT2D eigenvalue weighted by molar-refractivity contribution is 5.96. The number of rotatable bonds is 7. The standard InChI is InChI=1S/C14H18O2/c1-2-3-5-12-7-9-13(10-8-12)14(16)6-4-11-15/h7-11H,2-6H2,1H3. The molecule has 1 aromatic rings. The van der Waals surface area contributed by atoms with Gasteiger partial charge >= 0.3 is 0 Å². The first-order chi connectivity index (χ1) is 7.77. The Hall–Kier alpha value is -1.44. The maximum Gasteiger partial charge on any atom is 0.163 e. The molecule has 0 aliphatic rings. The van der Waals surface area contributed by atoms with Crippen molar-refractivity contribution in [3.8, 4) is 0 Å². The molecule has 0 unspecified atom stereocenters. The van der Waals surface area contributed by atoms with Crippen molar-refractivity contribution in [1.82, 2.24) is 0 Å². The SMILES string of the molecule is CCCCc1ccc(C(=O)CCC=O)cc1. The van der Waals surface area contributed by atoms with Crippen molar-refractivity contribution >= 4 is 12.1 Å². The van der Waals surface area contributed by atoms with Gasteiger partial charge in [-0.25, -0.2) is 0 Å². The molecule has 0 heterocycles. The molecule has 0 fully saturated rings. The van der Waals surface area contributed by atoms with Crippen LogP contribution in [0, 0.1) is 0 Å². The molecule has 0 aliphatic carbocycles. The number of hydrogen-bond donors (Lipinski definition) is 0. The third kappa shape index (κ3) is 3.97. The van der Waals surface area contributed by atoms with E-state index in [0.29, 0.717) is 18.4 Å². The molecule has 16 heavy (non-hydrogen) atoms. The number of carbonyl (C=O) groups excluding carboxylic acids is 2. The van der Waals surface area contributed by atoms with Crippen molar-refractivity contribution in [3.63, 3.8) is 0 Å². The van der Waals surface area contributed by atoms with Crippen molar-refractivity contribution in [2.75, 3.05) is 0 Å². The Balaban J connectivity index is 2.56. The molecule has 0 atom stereocenters. The molecule has 0 aliphatic heterocycles. The summed E-state index contributed by atoms with van der Waals surface area (Å²) in [6.07, 6.45) is 4.85. The van der Waals surface area contributed by atoms with Gasteiger partial charge in [-0.05, 0) is 18.4 Å². The summed E-state index contributed by atoms with van der Waals surface area (Å²) < 4.78 is 0. The molecule has 0 N–H and O–H groups in total. The zero-order valence-corrected chi connectivity index (χ0v) is 9.74. The molecule has 1 rings (SSSR count). The van der Waals surface area contributed by atoms with Crippen LogP contribution >= 0.6 is 0 Å². The summed E-state index contributed by atoms with van der Waals surface area (Å²) in [6, 6.07) is 7.73. The van der Waals surface area contributed by atoms with E-state index in [1.54, 1.807) is 0 Å². The van der Waals surface area contributed by atoms with Gasteiger partial charge in [0.15, 0.2) is 5.78 Å². The summed E-state index contributed by atoms with van der Waals surface area (Å²) in [6.45, 7) is 2.16. The van der Waals surface area contributed by atoms with Crippen molar-refractivity contribution in [3.05, 3.63) is 35.4 Å². The number of aryl methyl sites for hydroxylation is 1. The second-order valence-corrected chi connectivity index (χ2v) is 3.93. The van der Waals surface area contributed by atoms with Crippen LogP contribution in [0.3, 0.4) is 0 Å². The molecule has 0 aromatic heterocycles. The number of Topliss-reactive ketones (excluding diaryl/α,β-unsaturated/α-hetero) is 1. The summed E-state index contributed by atoms with van der Waals surface area (Å²) in [4.78, 5) is 21.7. The van der Waals surface area contributed by atoms with Gasteiger partial charge in [0.25, 0.3) is 0 Å². The van der Waals surface area contributed by atoms with Crippen LogP contribution in [-0.2, 0) is 11.2 Å². The Morgan fingerprint density at radius 2 is 1.94 bits per heavy atom. The van der Waals surface area contributed by atoms with Gasteiger partial charge in [-0.15, -0.1) is 0 Å². The van der Waals surface area contributed by atoms with Crippen molar-refractivity contribution in [2.45, 2.75) is 39.0 Å². The first-order valence-corrected chi connectivity index (χ1v) is 5.83. The Kier molecular flexibility index (Phi) is 5.48. The second kappa shape index (κ2) is 6.94. The predicted molar refractivity (Wildman–Crippen MR) is 64.7 cm³/mol. The van der Waals surface area contributed by atoms with Crippen molar-refractivity contribution in [1.29, 1.82) is 0 Å². The zero-order chi connectivity index (χ0) is 11.8. The lowest BCUT2D eigenvalue weighted by atomic mass is 10.0. The third-order valence-corrected chi connectivity index (χ3v) is 2.58. The molecule has 2 nitrogen and oxygen atoms in total. The fourth-order valence-electron chi connectivity index (χ4n) is 1.57. The van der Waals surface area contributed by atoms with Crippen LogP contribution in [0.2, 0.25) is 0 Å². The average molecular weight is 218 g/mol. The van der Waals surface area contributed by atoms with E-state index in [4.69, 9.17) is 0 Å². The third-order valence-electron chi connectivity index (χ3n) is 2.58. The molecule has 1 aromatic carbocycles. The van der Waals surface area contributed by atoms with E-state index in [0.717, 1.165) is 12.7 Å². The predicted octanol–water partition coefficient (Wildman–Crippen LogP) is 3.19. The minimum absolute atomic E-state index is 0.0501. The van der Waals surface area contributed by atoms with Gasteiger partial charge in [-0.2, -0.15) is 0 Å². The summed E-state index contributed by atoms with van der Waals surface area (Å²) in [5, 5.41) is 0. The fourth-order valence-corrected chi connectivity index (χ4v) is 1.57. The number of hydrogen-bond acceptors (Lipinski definition) is 2. The van der Waals surface area contributed by atoms with Crippen LogP contribution in [0.5, 0.6) is 0 Å². The molecular weight excluding hydrogens is 200 g/mol. The molecule has 0 bridgehead atoms. The van der Waals surface area contributed by atoms with Crippen molar-refractivity contribution < 1.29 is 9.59 Å². The summed E-state index contributed by atoms with van der Waals surface area (Å²) in [5.41, 5.74) is 1.98. The maximum absolute atomic E-state index is 11.6. The fraction of sp³-hybridized carbons (Fsp3) is 0.429. The second-order valence-electron chi connectivity index (χ2n) is 3.93. The Labute approximate surface area is 96.7 Å². The molecule has 86 valence electrons. The Bertz CT molecular complexity index is 338. The summed E-state index contributed by atoms with van der Waals surface area (Å²) in [5.74, 6) is 0.0501. The number of ketones is 1. The van der Waals surface area contributed by atoms with Crippen LogP contribution in [0.1, 0.15) is 48.5 Å². The minimum Gasteiger partial charge on any atom is -0.303 e. The zero-order valence-electron chi connectivity index (χ0n) is 9.74. The van der Waals surface area contributed by atoms with E-state index in [9.17, 15) is 9.59 Å². The molecular formula is C14H18O2. The van der Waals surface area contributed by atoms with Crippen molar-refractivity contribution in [2.24, 2.45) is 0 Å². The summed E-state index contributed by atoms with van der Waals surface area (Å²) in [7, 11) is 0. The largest absolute Gasteiger partial charge is 0.303 e. The molecule has 0 amide bonds. The summed E-state index contributed by atoms with van der Waals surface area (Å²) >= 11 is 0. The highest BCUT2D eigenvalue weighted by atomic mass is 16.1. The van der Waals surface area contributed by atoms with E-state index in [1.807, 2.05) is 24.3 Å². The van der Waals surface area contributed by atoms with Gasteiger partial charge in [-0.1, -0.05) is 37.6 Å². The molecule has 2 heteroatoms. The molecule has 0 spiro atoms. The number of aldehydes is 1. The van der Waals surface area contributed by atoms with Gasteiger partial charge in [0, 0.05) is 18.4 Å². The Morgan fingerprint density at radius 3 is 2.50 bits per heavy atom. The number of unbranched alkanes of at least 4 members (excludes halogenated alkanes) is 1. The smallest absolute Gasteiger partial charge is 0.163 e. The van der Waals surface area contributed by atoms with Gasteiger partial charge in [0.2, 0.25) is 0 Å². The van der Waals surface area contributed by atoms with Crippen LogP contribution < -0.4 is 0 Å². The lowest BCUT2D eigenvalue weighted by Crippen LogP contribution is -1.99. The first kappa shape index (κ1) is 12.6. The molecule has 0 radical (unpaired) electrons. The maximum atomic E-state index is 11.6. The van der Waals surface area contributed by atoms with E-state index < -0.39 is 0 Å². The average Bonchev–Trinajstić information content (AvgIpc) is 2.34. The van der Waals surface area contributed by atoms with E-state index in [-0.39, 0.29) is 5.78 Å². The van der Waals surface area contributed by atoms with E-state index in [2.05, 4.69) is 6.92 Å². The van der Waals surface area contributed by atoms with Gasteiger partial charge in [0.05, 0.1) is 0 Å². The van der Waals surface area contributed by atoms with Crippen LogP contribution in [0.4, 0.5) is 0 Å². The van der Waals surface area contributed by atoms with Crippen LogP contribution in [0.25, 0.3) is 0 Å². The normalized spacial score (nSPS) is 10.1. The topological polar surface area (TPSA) is 34.1 Å². The lowest BCUT2D eigenvalue weighted by molar-refractivity contribution is -0.107. The van der Waals surface area contributed by atoms with Gasteiger partial charge < -0.3 is 4.79 Å². The first-order valence-electron chi connectivity index (χ1n) is 5.83. The highest BCUT2D eigenvalue weighted by Crippen LogP contribution is 2.10. The van der Waals surface area contributed by atoms with E-state index >= 15 is 0 Å². The van der Waals surface area contributed by atoms with Crippen LogP contribution in [-0.4, -0.2) is 12.1 Å². The van der Waals surface area contributed by atoms with Crippen LogP contribution in [0.15, 0.2) is 24.3 Å². The lowest BCUT2D eigenvalue weighted by Gasteiger charge is -2.02. The van der Waals surface area contributed by atoms with Gasteiger partial charge in [-0.3, -0.25) is 4.79 Å². The number of benzene rings is 1. The Morgan fingerprint density at radius 1 is 1.25 bits per heavy atom. The quantitative estimate of drug-likeness (QED) is 0.520. The van der Waals surface area contributed by atoms with Gasteiger partial charge in [0.1, 0.15) is 6.29 Å². The monoisotopic (exact) mass is 218 g/mol. The van der Waals surface area contributed by atoms with E-state index in [1.165, 1.54) is 18.4 Å². The minimum atomic E-state index is 0.0501. The molecule has 0 saturated heterocycles.